The summed E-state index contributed by atoms with van der Waals surface area (Å²) >= 11 is 0. The molecule has 9 heteroatoms. The molecule has 1 fully saturated rings. The summed E-state index contributed by atoms with van der Waals surface area (Å²) in [6.45, 7) is 0. The molecule has 0 aliphatic heterocycles. The van der Waals surface area contributed by atoms with E-state index < -0.39 is 11.6 Å². The third kappa shape index (κ3) is 4.24. The van der Waals surface area contributed by atoms with E-state index in [0.29, 0.717) is 17.8 Å². The number of fused-ring (bicyclic) bond motifs is 1. The zero-order chi connectivity index (χ0) is 22.1. The highest BCUT2D eigenvalue weighted by molar-refractivity contribution is 5.67. The fraction of sp³-hybridized carbons (Fsp3) is 0.261. The van der Waals surface area contributed by atoms with Gasteiger partial charge in [-0.15, -0.1) is 5.10 Å². The fourth-order valence-electron chi connectivity index (χ4n) is 3.99. The molecule has 0 unspecified atom stereocenters. The zero-order valence-electron chi connectivity index (χ0n) is 17.3. The number of hydrogen-bond donors (Lipinski definition) is 3. The molecule has 0 amide bonds. The Labute approximate surface area is 183 Å². The van der Waals surface area contributed by atoms with E-state index in [1.165, 1.54) is 0 Å². The Bertz CT molecular complexity index is 1230. The minimum absolute atomic E-state index is 0.0324. The lowest BCUT2D eigenvalue weighted by molar-refractivity contribution is 0.410. The van der Waals surface area contributed by atoms with Crippen LogP contribution in [-0.4, -0.2) is 31.7 Å². The number of halogens is 2. The van der Waals surface area contributed by atoms with Crippen molar-refractivity contribution in [2.24, 2.45) is 5.73 Å². The van der Waals surface area contributed by atoms with Crippen LogP contribution in [0.1, 0.15) is 25.7 Å². The zero-order valence-corrected chi connectivity index (χ0v) is 17.3. The number of aromatic nitrogens is 4. The van der Waals surface area contributed by atoms with Gasteiger partial charge in [0.2, 0.25) is 0 Å². The third-order valence-electron chi connectivity index (χ3n) is 5.74. The van der Waals surface area contributed by atoms with Crippen molar-refractivity contribution in [3.8, 4) is 11.3 Å². The topological polar surface area (TPSA) is 93.2 Å². The van der Waals surface area contributed by atoms with Gasteiger partial charge in [0.1, 0.15) is 11.6 Å². The Morgan fingerprint density at radius 1 is 0.938 bits per heavy atom. The second-order valence-electron chi connectivity index (χ2n) is 8.07. The van der Waals surface area contributed by atoms with Crippen LogP contribution in [0.15, 0.2) is 54.9 Å². The second-order valence-corrected chi connectivity index (χ2v) is 8.07. The molecule has 3 aromatic heterocycles. The number of imidazole rings is 1. The van der Waals surface area contributed by atoms with Crippen molar-refractivity contribution in [2.75, 3.05) is 10.6 Å². The molecule has 4 aromatic rings. The number of nitrogens with one attached hydrogen (secondary N) is 2. The molecule has 0 spiro atoms. The Morgan fingerprint density at radius 3 is 2.47 bits per heavy atom. The van der Waals surface area contributed by atoms with Crippen molar-refractivity contribution in [3.63, 3.8) is 0 Å². The second kappa shape index (κ2) is 8.51. The fourth-order valence-corrected chi connectivity index (χ4v) is 3.99. The summed E-state index contributed by atoms with van der Waals surface area (Å²) < 4.78 is 28.7. The normalized spacial score (nSPS) is 18.6. The van der Waals surface area contributed by atoms with Gasteiger partial charge >= 0.3 is 0 Å². The molecule has 0 bridgehead atoms. The van der Waals surface area contributed by atoms with E-state index in [4.69, 9.17) is 10.8 Å². The molecule has 0 radical (unpaired) electrons. The van der Waals surface area contributed by atoms with Crippen LogP contribution >= 0.6 is 0 Å². The number of anilines is 3. The van der Waals surface area contributed by atoms with E-state index >= 15 is 0 Å². The lowest BCUT2D eigenvalue weighted by Gasteiger charge is -2.27. The molecular weight excluding hydrogens is 412 g/mol. The molecule has 32 heavy (non-hydrogen) atoms. The first-order valence-corrected chi connectivity index (χ1v) is 10.6. The van der Waals surface area contributed by atoms with Crippen LogP contribution in [0.3, 0.4) is 0 Å². The van der Waals surface area contributed by atoms with Crippen molar-refractivity contribution in [2.45, 2.75) is 37.8 Å². The molecule has 1 aromatic carbocycles. The van der Waals surface area contributed by atoms with Crippen LogP contribution < -0.4 is 16.4 Å². The van der Waals surface area contributed by atoms with E-state index in [9.17, 15) is 8.78 Å². The van der Waals surface area contributed by atoms with E-state index in [1.54, 1.807) is 22.8 Å². The molecule has 164 valence electrons. The lowest BCUT2D eigenvalue weighted by Crippen LogP contribution is -2.33. The van der Waals surface area contributed by atoms with E-state index in [2.05, 4.69) is 20.6 Å². The summed E-state index contributed by atoms with van der Waals surface area (Å²) in [7, 11) is 0. The number of hydrogen-bond acceptors (Lipinski definition) is 6. The Balaban J connectivity index is 1.35. The highest BCUT2D eigenvalue weighted by Crippen LogP contribution is 2.26. The van der Waals surface area contributed by atoms with E-state index in [-0.39, 0.29) is 5.82 Å². The van der Waals surface area contributed by atoms with Gasteiger partial charge in [-0.1, -0.05) is 12.1 Å². The first kappa shape index (κ1) is 20.3. The predicted molar refractivity (Wildman–Crippen MR) is 120 cm³/mol. The van der Waals surface area contributed by atoms with Crippen molar-refractivity contribution in [3.05, 3.63) is 66.5 Å². The van der Waals surface area contributed by atoms with Crippen molar-refractivity contribution < 1.29 is 8.78 Å². The quantitative estimate of drug-likeness (QED) is 0.428. The number of rotatable bonds is 5. The molecule has 1 aliphatic rings. The molecular formula is C23H23F2N7. The molecule has 3 heterocycles. The van der Waals surface area contributed by atoms with Gasteiger partial charge in [-0.05, 0) is 49.9 Å². The summed E-state index contributed by atoms with van der Waals surface area (Å²) in [4.78, 5) is 8.20. The largest absolute Gasteiger partial charge is 0.366 e. The number of nitrogens with two attached hydrogens (primary N) is 1. The monoisotopic (exact) mass is 435 g/mol. The van der Waals surface area contributed by atoms with Crippen LogP contribution in [0.2, 0.25) is 0 Å². The maximum Gasteiger partial charge on any atom is 0.168 e. The van der Waals surface area contributed by atoms with Gasteiger partial charge in [0, 0.05) is 29.4 Å². The average molecular weight is 435 g/mol. The maximum absolute atomic E-state index is 13.8. The van der Waals surface area contributed by atoms with Gasteiger partial charge in [0.15, 0.2) is 17.3 Å². The lowest BCUT2D eigenvalue weighted by atomic mass is 9.92. The summed E-state index contributed by atoms with van der Waals surface area (Å²) in [6.07, 6.45) is 6.86. The van der Waals surface area contributed by atoms with E-state index in [1.807, 2.05) is 24.3 Å². The summed E-state index contributed by atoms with van der Waals surface area (Å²) in [5.74, 6) is -0.701. The maximum atomic E-state index is 13.8. The average Bonchev–Trinajstić information content (AvgIpc) is 3.21. The minimum atomic E-state index is -0.750. The van der Waals surface area contributed by atoms with Gasteiger partial charge in [0.25, 0.3) is 0 Å². The van der Waals surface area contributed by atoms with Crippen molar-refractivity contribution in [1.82, 2.24) is 19.6 Å². The molecule has 4 N–H and O–H groups in total. The van der Waals surface area contributed by atoms with Crippen molar-refractivity contribution in [1.29, 1.82) is 0 Å². The van der Waals surface area contributed by atoms with Crippen LogP contribution in [0, 0.1) is 11.6 Å². The highest BCUT2D eigenvalue weighted by atomic mass is 19.1. The Kier molecular flexibility index (Phi) is 5.40. The van der Waals surface area contributed by atoms with Crippen LogP contribution in [0.5, 0.6) is 0 Å². The summed E-state index contributed by atoms with van der Waals surface area (Å²) in [6, 6.07) is 12.7. The van der Waals surface area contributed by atoms with Gasteiger partial charge in [-0.25, -0.2) is 23.3 Å². The molecule has 0 atom stereocenters. The highest BCUT2D eigenvalue weighted by Gasteiger charge is 2.19. The number of benzene rings is 1. The summed E-state index contributed by atoms with van der Waals surface area (Å²) in [5.41, 5.74) is 9.13. The first-order valence-electron chi connectivity index (χ1n) is 10.6. The summed E-state index contributed by atoms with van der Waals surface area (Å²) in [5, 5.41) is 11.1. The molecule has 1 aliphatic carbocycles. The SMILES string of the molecule is N[C@H]1CC[C@H](Nc2ccc3ncc(-c4ccc(Nc5ncc(F)cc5F)cc4)n3n2)CC1. The number of pyridine rings is 1. The third-order valence-corrected chi connectivity index (χ3v) is 5.74. The molecule has 1 saturated carbocycles. The van der Waals surface area contributed by atoms with Gasteiger partial charge in [-0.2, -0.15) is 0 Å². The smallest absolute Gasteiger partial charge is 0.168 e. The first-order chi connectivity index (χ1) is 15.5. The minimum Gasteiger partial charge on any atom is -0.366 e. The van der Waals surface area contributed by atoms with Gasteiger partial charge in [0.05, 0.1) is 18.1 Å². The molecule has 0 saturated heterocycles. The van der Waals surface area contributed by atoms with Crippen LogP contribution in [0.25, 0.3) is 16.9 Å². The van der Waals surface area contributed by atoms with Crippen LogP contribution in [0.4, 0.5) is 26.1 Å². The van der Waals surface area contributed by atoms with Crippen LogP contribution in [-0.2, 0) is 0 Å². The molecule has 7 nitrogen and oxygen atoms in total. The Morgan fingerprint density at radius 2 is 1.72 bits per heavy atom. The van der Waals surface area contributed by atoms with Gasteiger partial charge < -0.3 is 16.4 Å². The predicted octanol–water partition coefficient (Wildman–Crippen LogP) is 4.49. The van der Waals surface area contributed by atoms with Crippen molar-refractivity contribution >= 4 is 23.0 Å². The van der Waals surface area contributed by atoms with Gasteiger partial charge in [-0.3, -0.25) is 0 Å². The molecule has 5 rings (SSSR count). The Hall–Kier alpha value is -3.59. The number of nitrogens with zero attached hydrogens (tertiary/aromatic N) is 4. The standard InChI is InChI=1S/C23H23F2N7/c24-15-11-19(25)23(28-12-15)30-18-5-1-14(2-6-18)20-13-27-22-10-9-21(31-32(20)22)29-17-7-3-16(26)4-8-17/h1-2,5-6,9-13,16-17H,3-4,7-8,26H2,(H,28,30)(H,29,31)/t16-,17-. The van der Waals surface area contributed by atoms with E-state index in [0.717, 1.165) is 60.7 Å².